The molecule has 1 fully saturated rings. The van der Waals surface area contributed by atoms with Gasteiger partial charge in [-0.15, -0.1) is 0 Å². The summed E-state index contributed by atoms with van der Waals surface area (Å²) in [6, 6.07) is 0. The first kappa shape index (κ1) is 12.9. The third-order valence-electron chi connectivity index (χ3n) is 4.03. The van der Waals surface area contributed by atoms with Gasteiger partial charge in [-0.3, -0.25) is 9.48 Å². The van der Waals surface area contributed by atoms with E-state index >= 15 is 0 Å². The molecule has 5 nitrogen and oxygen atoms in total. The van der Waals surface area contributed by atoms with Gasteiger partial charge in [-0.2, -0.15) is 5.10 Å². The van der Waals surface area contributed by atoms with Gasteiger partial charge in [0.25, 0.3) is 0 Å². The first-order chi connectivity index (χ1) is 8.63. The van der Waals surface area contributed by atoms with Crippen LogP contribution in [0.2, 0.25) is 0 Å². The van der Waals surface area contributed by atoms with Crippen molar-refractivity contribution in [3.8, 4) is 0 Å². The summed E-state index contributed by atoms with van der Waals surface area (Å²) in [5.74, 6) is 0.0119. The fourth-order valence-electron chi connectivity index (χ4n) is 2.74. The van der Waals surface area contributed by atoms with Crippen molar-refractivity contribution in [1.82, 2.24) is 15.1 Å². The molecular formula is C13H22N4O. The Kier molecular flexibility index (Phi) is 3.89. The van der Waals surface area contributed by atoms with Crippen LogP contribution in [-0.4, -0.2) is 22.2 Å². The van der Waals surface area contributed by atoms with Crippen LogP contribution in [0.1, 0.15) is 39.0 Å². The van der Waals surface area contributed by atoms with Crippen molar-refractivity contribution in [1.29, 1.82) is 0 Å². The molecule has 0 aromatic carbocycles. The first-order valence-electron chi connectivity index (χ1n) is 6.68. The van der Waals surface area contributed by atoms with Crippen LogP contribution in [0.25, 0.3) is 0 Å². The minimum atomic E-state index is 0.0119. The second-order valence-corrected chi connectivity index (χ2v) is 5.31. The zero-order chi connectivity index (χ0) is 13.0. The molecule has 0 spiro atoms. The minimum Gasteiger partial charge on any atom is -0.396 e. The molecule has 0 bridgehead atoms. The highest BCUT2D eigenvalue weighted by molar-refractivity contribution is 5.75. The molecule has 1 aliphatic carbocycles. The summed E-state index contributed by atoms with van der Waals surface area (Å²) >= 11 is 0. The Morgan fingerprint density at radius 2 is 2.28 bits per heavy atom. The number of nitrogens with two attached hydrogens (primary N) is 1. The number of rotatable bonds is 5. The molecule has 5 heteroatoms. The molecule has 1 aromatic heterocycles. The van der Waals surface area contributed by atoms with Gasteiger partial charge in [0.05, 0.1) is 11.9 Å². The Morgan fingerprint density at radius 1 is 1.56 bits per heavy atom. The van der Waals surface area contributed by atoms with E-state index in [4.69, 9.17) is 5.73 Å². The molecule has 1 aromatic rings. The van der Waals surface area contributed by atoms with Crippen LogP contribution in [0.4, 0.5) is 5.69 Å². The van der Waals surface area contributed by atoms with Crippen molar-refractivity contribution in [2.24, 2.45) is 5.41 Å². The molecule has 1 heterocycles. The number of anilines is 1. The molecule has 0 radical (unpaired) electrons. The number of nitrogen functional groups attached to an aromatic ring is 1. The van der Waals surface area contributed by atoms with Gasteiger partial charge in [0.1, 0.15) is 6.54 Å². The summed E-state index contributed by atoms with van der Waals surface area (Å²) in [7, 11) is 0. The third kappa shape index (κ3) is 3.03. The predicted molar refractivity (Wildman–Crippen MR) is 70.8 cm³/mol. The second-order valence-electron chi connectivity index (χ2n) is 5.31. The lowest BCUT2D eigenvalue weighted by Crippen LogP contribution is -2.37. The van der Waals surface area contributed by atoms with Crippen LogP contribution in [0.15, 0.2) is 12.4 Å². The topological polar surface area (TPSA) is 72.9 Å². The average Bonchev–Trinajstić information content (AvgIpc) is 2.97. The SMILES string of the molecule is CCC1(CNC(=O)Cn2cc(N)cn2)CCCC1. The molecule has 3 N–H and O–H groups in total. The number of amides is 1. The fraction of sp³-hybridized carbons (Fsp3) is 0.692. The molecule has 1 amide bonds. The van der Waals surface area contributed by atoms with E-state index in [1.807, 2.05) is 0 Å². The Labute approximate surface area is 108 Å². The number of hydrogen-bond donors (Lipinski definition) is 2. The standard InChI is InChI=1S/C13H22N4O/c1-2-13(5-3-4-6-13)10-15-12(18)9-17-8-11(14)7-16-17/h7-8H,2-6,9-10,14H2,1H3,(H,15,18). The summed E-state index contributed by atoms with van der Waals surface area (Å²) in [6.45, 7) is 3.25. The molecule has 0 saturated heterocycles. The van der Waals surface area contributed by atoms with E-state index in [1.165, 1.54) is 25.7 Å². The number of nitrogens with zero attached hydrogens (tertiary/aromatic N) is 2. The molecule has 100 valence electrons. The van der Waals surface area contributed by atoms with Gasteiger partial charge in [-0.1, -0.05) is 19.8 Å². The quantitative estimate of drug-likeness (QED) is 0.832. The number of carbonyl (C=O) groups is 1. The van der Waals surface area contributed by atoms with E-state index < -0.39 is 0 Å². The normalized spacial score (nSPS) is 17.8. The number of nitrogens with one attached hydrogen (secondary N) is 1. The van der Waals surface area contributed by atoms with E-state index in [2.05, 4.69) is 17.3 Å². The molecular weight excluding hydrogens is 228 g/mol. The van der Waals surface area contributed by atoms with Gasteiger partial charge in [0, 0.05) is 12.7 Å². The summed E-state index contributed by atoms with van der Waals surface area (Å²) < 4.78 is 1.57. The molecule has 1 aliphatic rings. The van der Waals surface area contributed by atoms with E-state index in [0.29, 0.717) is 11.1 Å². The number of aromatic nitrogens is 2. The Morgan fingerprint density at radius 3 is 2.83 bits per heavy atom. The van der Waals surface area contributed by atoms with Crippen LogP contribution in [0.5, 0.6) is 0 Å². The molecule has 18 heavy (non-hydrogen) atoms. The highest BCUT2D eigenvalue weighted by Crippen LogP contribution is 2.40. The second kappa shape index (κ2) is 5.42. The highest BCUT2D eigenvalue weighted by Gasteiger charge is 2.32. The van der Waals surface area contributed by atoms with Gasteiger partial charge in [0.2, 0.25) is 5.91 Å². The van der Waals surface area contributed by atoms with E-state index in [0.717, 1.165) is 13.0 Å². The van der Waals surface area contributed by atoms with Crippen LogP contribution < -0.4 is 11.1 Å². The number of carbonyl (C=O) groups excluding carboxylic acids is 1. The third-order valence-corrected chi connectivity index (χ3v) is 4.03. The monoisotopic (exact) mass is 250 g/mol. The fourth-order valence-corrected chi connectivity index (χ4v) is 2.74. The summed E-state index contributed by atoms with van der Waals surface area (Å²) in [5.41, 5.74) is 6.47. The van der Waals surface area contributed by atoms with Crippen LogP contribution >= 0.6 is 0 Å². The smallest absolute Gasteiger partial charge is 0.241 e. The zero-order valence-corrected chi connectivity index (χ0v) is 11.0. The Hall–Kier alpha value is -1.52. The minimum absolute atomic E-state index is 0.0119. The van der Waals surface area contributed by atoms with Crippen molar-refractivity contribution >= 4 is 11.6 Å². The largest absolute Gasteiger partial charge is 0.396 e. The van der Waals surface area contributed by atoms with Crippen molar-refractivity contribution in [3.63, 3.8) is 0 Å². The zero-order valence-electron chi connectivity index (χ0n) is 11.0. The maximum atomic E-state index is 11.8. The molecule has 1 saturated carbocycles. The van der Waals surface area contributed by atoms with Gasteiger partial charge in [0.15, 0.2) is 0 Å². The summed E-state index contributed by atoms with van der Waals surface area (Å²) in [4.78, 5) is 11.8. The van der Waals surface area contributed by atoms with Crippen LogP contribution in [0, 0.1) is 5.41 Å². The maximum Gasteiger partial charge on any atom is 0.241 e. The van der Waals surface area contributed by atoms with Gasteiger partial charge < -0.3 is 11.1 Å². The number of hydrogen-bond acceptors (Lipinski definition) is 3. The van der Waals surface area contributed by atoms with Gasteiger partial charge >= 0.3 is 0 Å². The van der Waals surface area contributed by atoms with E-state index in [9.17, 15) is 4.79 Å². The Balaban J connectivity index is 1.81. The molecule has 0 aliphatic heterocycles. The molecule has 0 atom stereocenters. The van der Waals surface area contributed by atoms with E-state index in [-0.39, 0.29) is 12.5 Å². The van der Waals surface area contributed by atoms with Crippen LogP contribution in [-0.2, 0) is 11.3 Å². The average molecular weight is 250 g/mol. The van der Waals surface area contributed by atoms with Crippen molar-refractivity contribution in [2.45, 2.75) is 45.6 Å². The predicted octanol–water partition coefficient (Wildman–Crippen LogP) is 1.55. The van der Waals surface area contributed by atoms with Gasteiger partial charge in [-0.05, 0) is 24.7 Å². The van der Waals surface area contributed by atoms with Gasteiger partial charge in [-0.25, -0.2) is 0 Å². The first-order valence-corrected chi connectivity index (χ1v) is 6.68. The van der Waals surface area contributed by atoms with Crippen LogP contribution in [0.3, 0.4) is 0 Å². The summed E-state index contributed by atoms with van der Waals surface area (Å²) in [5, 5.41) is 7.04. The van der Waals surface area contributed by atoms with E-state index in [1.54, 1.807) is 17.1 Å². The lowest BCUT2D eigenvalue weighted by Gasteiger charge is -2.27. The lowest BCUT2D eigenvalue weighted by molar-refractivity contribution is -0.122. The molecule has 0 unspecified atom stereocenters. The lowest BCUT2D eigenvalue weighted by atomic mass is 9.83. The maximum absolute atomic E-state index is 11.8. The Bertz CT molecular complexity index is 407. The highest BCUT2D eigenvalue weighted by atomic mass is 16.2. The van der Waals surface area contributed by atoms with Crippen molar-refractivity contribution < 1.29 is 4.79 Å². The van der Waals surface area contributed by atoms with Crippen molar-refractivity contribution in [3.05, 3.63) is 12.4 Å². The molecule has 2 rings (SSSR count). The summed E-state index contributed by atoms with van der Waals surface area (Å²) in [6.07, 6.45) is 9.42. The van der Waals surface area contributed by atoms with Crippen molar-refractivity contribution in [2.75, 3.05) is 12.3 Å².